The Hall–Kier alpha value is -1.92. The number of hydrogen-bond donors (Lipinski definition) is 0. The number of allylic oxidation sites excluding steroid dienone is 2. The molecule has 0 aromatic heterocycles. The van der Waals surface area contributed by atoms with Crippen molar-refractivity contribution in [3.8, 4) is 23.7 Å². The molecule has 0 radical (unpaired) electrons. The molecule has 1 aliphatic rings. The average Bonchev–Trinajstić information content (AvgIpc) is 2.76. The van der Waals surface area contributed by atoms with Gasteiger partial charge in [-0.1, -0.05) is 94.6 Å². The van der Waals surface area contributed by atoms with E-state index >= 15 is 0 Å². The van der Waals surface area contributed by atoms with E-state index in [1.165, 1.54) is 89.0 Å². The van der Waals surface area contributed by atoms with Gasteiger partial charge in [-0.05, 0) is 74.3 Å². The monoisotopic (exact) mass is 388 g/mol. The van der Waals surface area contributed by atoms with Gasteiger partial charge in [0.1, 0.15) is 0 Å². The largest absolute Gasteiger partial charge is 0.0951 e. The van der Waals surface area contributed by atoms with E-state index in [-0.39, 0.29) is 0 Å². The van der Waals surface area contributed by atoms with Gasteiger partial charge in [0.2, 0.25) is 0 Å². The zero-order chi connectivity index (χ0) is 20.6. The average molecular weight is 389 g/mol. The van der Waals surface area contributed by atoms with Crippen molar-refractivity contribution < 1.29 is 0 Å². The van der Waals surface area contributed by atoms with E-state index in [2.05, 4.69) is 61.8 Å². The quantitative estimate of drug-likeness (QED) is 0.296. The maximum atomic E-state index is 3.43. The van der Waals surface area contributed by atoms with Gasteiger partial charge in [0.05, 0.1) is 0 Å². The third-order valence-corrected chi connectivity index (χ3v) is 6.09. The highest BCUT2D eigenvalue weighted by Crippen LogP contribution is 2.31. The molecule has 2 rings (SSSR count). The summed E-state index contributed by atoms with van der Waals surface area (Å²) in [5.41, 5.74) is 2.51. The second kappa shape index (κ2) is 15.0. The van der Waals surface area contributed by atoms with Crippen LogP contribution in [0.2, 0.25) is 0 Å². The van der Waals surface area contributed by atoms with Crippen molar-refractivity contribution in [1.82, 2.24) is 0 Å². The summed E-state index contributed by atoms with van der Waals surface area (Å²) in [5, 5.41) is 0. The molecule has 0 unspecified atom stereocenters. The summed E-state index contributed by atoms with van der Waals surface area (Å²) in [4.78, 5) is 0. The Bertz CT molecular complexity index is 690. The molecular formula is C29H40. The van der Waals surface area contributed by atoms with Crippen molar-refractivity contribution in [2.45, 2.75) is 97.3 Å². The summed E-state index contributed by atoms with van der Waals surface area (Å²) in [7, 11) is 0. The topological polar surface area (TPSA) is 0 Å². The fraction of sp³-hybridized carbons (Fsp3) is 0.586. The second-order valence-electron chi connectivity index (χ2n) is 8.61. The standard InChI is InChI=1S/C29H40/c1-3-5-7-8-11-15-27-22-24-29(25-23-27)17-13-10-9-12-16-28-20-18-26(19-21-28)14-6-4-2/h9-10,22-26,28H,3-8,11,14-15,18-21H2,1-2H3. The van der Waals surface area contributed by atoms with E-state index in [0.717, 1.165) is 11.5 Å². The van der Waals surface area contributed by atoms with E-state index in [9.17, 15) is 0 Å². The van der Waals surface area contributed by atoms with Crippen molar-refractivity contribution >= 4 is 0 Å². The SMILES string of the molecule is CCCCCCCc1ccc(C#CC=CC#CC2CCC(CCCC)CC2)cc1. The predicted octanol–water partition coefficient (Wildman–Crippen LogP) is 8.11. The minimum Gasteiger partial charge on any atom is -0.0951 e. The van der Waals surface area contributed by atoms with Crippen LogP contribution in [0.1, 0.15) is 102 Å². The maximum Gasteiger partial charge on any atom is 0.0249 e. The summed E-state index contributed by atoms with van der Waals surface area (Å²) in [6, 6.07) is 8.74. The van der Waals surface area contributed by atoms with Crippen LogP contribution in [-0.2, 0) is 6.42 Å². The summed E-state index contributed by atoms with van der Waals surface area (Å²) in [5.74, 6) is 14.5. The molecule has 0 spiro atoms. The zero-order valence-corrected chi connectivity index (χ0v) is 18.8. The van der Waals surface area contributed by atoms with E-state index in [4.69, 9.17) is 0 Å². The van der Waals surface area contributed by atoms with E-state index in [0.29, 0.717) is 5.92 Å². The van der Waals surface area contributed by atoms with E-state index < -0.39 is 0 Å². The van der Waals surface area contributed by atoms with Gasteiger partial charge in [-0.25, -0.2) is 0 Å². The molecule has 0 heteroatoms. The summed E-state index contributed by atoms with van der Waals surface area (Å²) >= 11 is 0. The lowest BCUT2D eigenvalue weighted by atomic mass is 9.80. The first-order valence-electron chi connectivity index (χ1n) is 12.1. The normalized spacial score (nSPS) is 18.7. The highest BCUT2D eigenvalue weighted by molar-refractivity contribution is 5.39. The molecule has 1 aliphatic carbocycles. The van der Waals surface area contributed by atoms with Crippen LogP contribution in [0.25, 0.3) is 0 Å². The lowest BCUT2D eigenvalue weighted by Crippen LogP contribution is -2.13. The molecule has 29 heavy (non-hydrogen) atoms. The smallest absolute Gasteiger partial charge is 0.0249 e. The summed E-state index contributed by atoms with van der Waals surface area (Å²) < 4.78 is 0. The minimum atomic E-state index is 0.597. The van der Waals surface area contributed by atoms with E-state index in [1.54, 1.807) is 0 Å². The third-order valence-electron chi connectivity index (χ3n) is 6.09. The number of benzene rings is 1. The van der Waals surface area contributed by atoms with Crippen LogP contribution in [0, 0.1) is 35.5 Å². The molecule has 1 aromatic rings. The molecule has 0 heterocycles. The lowest BCUT2D eigenvalue weighted by molar-refractivity contribution is 0.296. The first-order valence-corrected chi connectivity index (χ1v) is 12.1. The summed E-state index contributed by atoms with van der Waals surface area (Å²) in [6.45, 7) is 4.55. The van der Waals surface area contributed by atoms with Crippen LogP contribution in [-0.4, -0.2) is 0 Å². The Kier molecular flexibility index (Phi) is 12.1. The van der Waals surface area contributed by atoms with Gasteiger partial charge in [0.15, 0.2) is 0 Å². The van der Waals surface area contributed by atoms with E-state index in [1.807, 2.05) is 12.2 Å². The Morgan fingerprint density at radius 1 is 0.793 bits per heavy atom. The number of aryl methyl sites for hydroxylation is 1. The minimum absolute atomic E-state index is 0.597. The van der Waals surface area contributed by atoms with Gasteiger partial charge in [0.25, 0.3) is 0 Å². The van der Waals surface area contributed by atoms with Gasteiger partial charge in [0, 0.05) is 11.5 Å². The highest BCUT2D eigenvalue weighted by Gasteiger charge is 2.18. The number of unbranched alkanes of at least 4 members (excludes halogenated alkanes) is 5. The Morgan fingerprint density at radius 3 is 2.21 bits per heavy atom. The molecule has 0 bridgehead atoms. The fourth-order valence-corrected chi connectivity index (χ4v) is 4.15. The van der Waals surface area contributed by atoms with Crippen LogP contribution in [0.3, 0.4) is 0 Å². The molecule has 1 fully saturated rings. The zero-order valence-electron chi connectivity index (χ0n) is 18.8. The predicted molar refractivity (Wildman–Crippen MR) is 128 cm³/mol. The van der Waals surface area contributed by atoms with Crippen molar-refractivity contribution in [2.75, 3.05) is 0 Å². The molecule has 1 aromatic carbocycles. The fourth-order valence-electron chi connectivity index (χ4n) is 4.15. The van der Waals surface area contributed by atoms with Gasteiger partial charge >= 0.3 is 0 Å². The maximum absolute atomic E-state index is 3.43. The molecule has 0 N–H and O–H groups in total. The summed E-state index contributed by atoms with van der Waals surface area (Å²) in [6.07, 6.45) is 21.2. The first kappa shape index (κ1) is 23.4. The van der Waals surface area contributed by atoms with Crippen LogP contribution in [0.5, 0.6) is 0 Å². The number of hydrogen-bond acceptors (Lipinski definition) is 0. The Labute approximate surface area is 180 Å². The first-order chi connectivity index (χ1) is 14.3. The third kappa shape index (κ3) is 10.4. The Balaban J connectivity index is 1.67. The van der Waals surface area contributed by atoms with Crippen molar-refractivity contribution in [1.29, 1.82) is 0 Å². The van der Waals surface area contributed by atoms with Crippen molar-refractivity contribution in [2.24, 2.45) is 11.8 Å². The molecular weight excluding hydrogens is 348 g/mol. The highest BCUT2D eigenvalue weighted by atomic mass is 14.2. The number of rotatable bonds is 9. The van der Waals surface area contributed by atoms with Crippen LogP contribution < -0.4 is 0 Å². The van der Waals surface area contributed by atoms with Gasteiger partial charge in [-0.2, -0.15) is 0 Å². The molecule has 0 saturated heterocycles. The van der Waals surface area contributed by atoms with Gasteiger partial charge in [-0.3, -0.25) is 0 Å². The van der Waals surface area contributed by atoms with Crippen LogP contribution in [0.15, 0.2) is 36.4 Å². The molecule has 0 aliphatic heterocycles. The van der Waals surface area contributed by atoms with Crippen LogP contribution in [0.4, 0.5) is 0 Å². The molecule has 1 saturated carbocycles. The van der Waals surface area contributed by atoms with Crippen molar-refractivity contribution in [3.05, 3.63) is 47.5 Å². The molecule has 0 atom stereocenters. The van der Waals surface area contributed by atoms with Crippen molar-refractivity contribution in [3.63, 3.8) is 0 Å². The molecule has 0 nitrogen and oxygen atoms in total. The van der Waals surface area contributed by atoms with Crippen LogP contribution >= 0.6 is 0 Å². The van der Waals surface area contributed by atoms with Gasteiger partial charge < -0.3 is 0 Å². The lowest BCUT2D eigenvalue weighted by Gasteiger charge is -2.25. The molecule has 156 valence electrons. The second-order valence-corrected chi connectivity index (χ2v) is 8.61. The van der Waals surface area contributed by atoms with Gasteiger partial charge in [-0.15, -0.1) is 0 Å². The Morgan fingerprint density at radius 2 is 1.48 bits per heavy atom. The molecule has 0 amide bonds.